The zero-order chi connectivity index (χ0) is 14.9. The highest BCUT2D eigenvalue weighted by Gasteiger charge is 2.83. The molecule has 0 radical (unpaired) electrons. The summed E-state index contributed by atoms with van der Waals surface area (Å²) in [5, 5.41) is 0. The zero-order valence-electron chi connectivity index (χ0n) is 11.1. The van der Waals surface area contributed by atoms with Crippen molar-refractivity contribution >= 4 is 0 Å². The van der Waals surface area contributed by atoms with Crippen molar-refractivity contribution in [3.05, 3.63) is 0 Å². The second kappa shape index (κ2) is 3.82. The molecule has 0 aliphatic heterocycles. The van der Waals surface area contributed by atoms with Gasteiger partial charge in [-0.05, 0) is 42.4 Å². The van der Waals surface area contributed by atoms with Gasteiger partial charge in [0.2, 0.25) is 0 Å². The normalized spacial score (nSPS) is 34.9. The Bertz CT molecular complexity index is 343. The Balaban J connectivity index is 2.48. The van der Waals surface area contributed by atoms with Gasteiger partial charge >= 0.3 is 12.4 Å². The Morgan fingerprint density at radius 3 is 1.63 bits per heavy atom. The van der Waals surface area contributed by atoms with Crippen molar-refractivity contribution in [2.24, 2.45) is 28.6 Å². The maximum atomic E-state index is 13.2. The van der Waals surface area contributed by atoms with E-state index in [1.807, 2.05) is 0 Å². The third-order valence-corrected chi connectivity index (χ3v) is 5.13. The van der Waals surface area contributed by atoms with Gasteiger partial charge in [0.15, 0.2) is 5.41 Å². The molecule has 0 saturated heterocycles. The van der Waals surface area contributed by atoms with E-state index in [0.717, 1.165) is 0 Å². The van der Waals surface area contributed by atoms with Crippen molar-refractivity contribution in [2.75, 3.05) is 0 Å². The summed E-state index contributed by atoms with van der Waals surface area (Å²) in [6.07, 6.45) is -9.86. The Morgan fingerprint density at radius 1 is 0.842 bits per heavy atom. The molecule has 3 fully saturated rings. The highest BCUT2D eigenvalue weighted by atomic mass is 19.4. The molecule has 3 aliphatic carbocycles. The fraction of sp³-hybridized carbons (Fsp3) is 1.00. The van der Waals surface area contributed by atoms with Crippen molar-refractivity contribution in [1.82, 2.24) is 0 Å². The molecule has 0 N–H and O–H groups in total. The molecule has 3 saturated carbocycles. The number of rotatable bonds is 0. The van der Waals surface area contributed by atoms with Gasteiger partial charge in [-0.1, -0.05) is 20.8 Å². The van der Waals surface area contributed by atoms with E-state index in [4.69, 9.17) is 0 Å². The zero-order valence-corrected chi connectivity index (χ0v) is 11.1. The molecule has 3 aliphatic rings. The quantitative estimate of drug-likeness (QED) is 0.538. The van der Waals surface area contributed by atoms with Gasteiger partial charge in [-0.2, -0.15) is 26.3 Å². The highest BCUT2D eigenvalue weighted by Crippen LogP contribution is 2.75. The number of halogens is 6. The highest BCUT2D eigenvalue weighted by molar-refractivity contribution is 5.16. The van der Waals surface area contributed by atoms with Crippen molar-refractivity contribution in [3.8, 4) is 0 Å². The summed E-state index contributed by atoms with van der Waals surface area (Å²) in [6.45, 7) is 5.19. The van der Waals surface area contributed by atoms with E-state index in [1.165, 1.54) is 0 Å². The summed E-state index contributed by atoms with van der Waals surface area (Å²) in [5.41, 5.74) is -3.99. The number of hydrogen-bond acceptors (Lipinski definition) is 0. The lowest BCUT2D eigenvalue weighted by Gasteiger charge is -2.64. The van der Waals surface area contributed by atoms with Crippen LogP contribution in [-0.2, 0) is 0 Å². The first kappa shape index (κ1) is 15.0. The molecule has 3 unspecified atom stereocenters. The van der Waals surface area contributed by atoms with E-state index in [0.29, 0.717) is 6.42 Å². The fourth-order valence-corrected chi connectivity index (χ4v) is 4.31. The Hall–Kier alpha value is -0.420. The van der Waals surface area contributed by atoms with Crippen LogP contribution in [0.5, 0.6) is 0 Å². The molecule has 0 aromatic heterocycles. The smallest absolute Gasteiger partial charge is 0.170 e. The van der Waals surface area contributed by atoms with Crippen molar-refractivity contribution < 1.29 is 26.3 Å². The predicted octanol–water partition coefficient (Wildman–Crippen LogP) is 5.19. The van der Waals surface area contributed by atoms with Crippen LogP contribution < -0.4 is 0 Å². The average Bonchev–Trinajstić information content (AvgIpc) is 2.11. The Kier molecular flexibility index (Phi) is 3.01. The van der Waals surface area contributed by atoms with Gasteiger partial charge in [0.25, 0.3) is 0 Å². The summed E-state index contributed by atoms with van der Waals surface area (Å²) < 4.78 is 79.3. The van der Waals surface area contributed by atoms with E-state index in [2.05, 4.69) is 0 Å². The third-order valence-electron chi connectivity index (χ3n) is 5.13. The lowest BCUT2D eigenvalue weighted by Crippen LogP contribution is -2.70. The number of fused-ring (bicyclic) bond motifs is 2. The van der Waals surface area contributed by atoms with Gasteiger partial charge in [0.05, 0.1) is 0 Å². The molecule has 0 spiro atoms. The molecule has 3 atom stereocenters. The maximum Gasteiger partial charge on any atom is 0.403 e. The number of alkyl halides is 6. The molecular weight excluding hydrogens is 270 g/mol. The van der Waals surface area contributed by atoms with Gasteiger partial charge in [0.1, 0.15) is 0 Å². The van der Waals surface area contributed by atoms with Crippen LogP contribution in [0.2, 0.25) is 0 Å². The van der Waals surface area contributed by atoms with Crippen molar-refractivity contribution in [2.45, 2.75) is 52.4 Å². The summed E-state index contributed by atoms with van der Waals surface area (Å²) in [4.78, 5) is 0. The molecule has 19 heavy (non-hydrogen) atoms. The van der Waals surface area contributed by atoms with Crippen LogP contribution in [0.15, 0.2) is 0 Å². The second-order valence-corrected chi connectivity index (χ2v) is 6.95. The van der Waals surface area contributed by atoms with Gasteiger partial charge in [0, 0.05) is 0 Å². The van der Waals surface area contributed by atoms with Crippen molar-refractivity contribution in [1.29, 1.82) is 0 Å². The van der Waals surface area contributed by atoms with Gasteiger partial charge in [-0.25, -0.2) is 0 Å². The predicted molar refractivity (Wildman–Crippen MR) is 58.3 cm³/mol. The lowest BCUT2D eigenvalue weighted by atomic mass is 9.40. The van der Waals surface area contributed by atoms with Crippen LogP contribution in [0.3, 0.4) is 0 Å². The first-order valence-corrected chi connectivity index (χ1v) is 6.47. The molecule has 2 bridgehead atoms. The van der Waals surface area contributed by atoms with Crippen LogP contribution >= 0.6 is 0 Å². The minimum atomic E-state index is -5.21. The fourth-order valence-electron chi connectivity index (χ4n) is 4.31. The van der Waals surface area contributed by atoms with Gasteiger partial charge < -0.3 is 0 Å². The summed E-state index contributed by atoms with van der Waals surface area (Å²) in [6, 6.07) is 0. The van der Waals surface area contributed by atoms with Gasteiger partial charge in [-0.3, -0.25) is 0 Å². The standard InChI is InChI=1S/C13H18F6/c1-10(2,3)8-5-4-7-6-9(8)11(7,12(14,15)16)13(17,18)19/h7-9H,4-6H2,1-3H3. The molecule has 0 heterocycles. The van der Waals surface area contributed by atoms with E-state index in [-0.39, 0.29) is 12.8 Å². The third kappa shape index (κ3) is 1.81. The second-order valence-electron chi connectivity index (χ2n) is 6.95. The van der Waals surface area contributed by atoms with Crippen LogP contribution in [0.1, 0.15) is 40.0 Å². The van der Waals surface area contributed by atoms with E-state index in [9.17, 15) is 26.3 Å². The maximum absolute atomic E-state index is 13.2. The monoisotopic (exact) mass is 288 g/mol. The molecule has 3 rings (SSSR count). The van der Waals surface area contributed by atoms with E-state index in [1.54, 1.807) is 20.8 Å². The SMILES string of the molecule is CC(C)(C)C1CCC2CC1C2(C(F)(F)F)C(F)(F)F. The summed E-state index contributed by atoms with van der Waals surface area (Å²) in [7, 11) is 0. The molecular formula is C13H18F6. The van der Waals surface area contributed by atoms with Crippen LogP contribution in [0.4, 0.5) is 26.3 Å². The molecule has 0 nitrogen and oxygen atoms in total. The van der Waals surface area contributed by atoms with E-state index >= 15 is 0 Å². The van der Waals surface area contributed by atoms with Crippen LogP contribution in [0, 0.1) is 28.6 Å². The first-order valence-electron chi connectivity index (χ1n) is 6.47. The first-order chi connectivity index (χ1) is 8.33. The molecule has 6 heteroatoms. The minimum Gasteiger partial charge on any atom is -0.170 e. The summed E-state index contributed by atoms with van der Waals surface area (Å²) >= 11 is 0. The Labute approximate surface area is 108 Å². The topological polar surface area (TPSA) is 0 Å². The minimum absolute atomic E-state index is 0.0253. The average molecular weight is 288 g/mol. The summed E-state index contributed by atoms with van der Waals surface area (Å²) in [5.74, 6) is -3.12. The molecule has 112 valence electrons. The molecule has 0 aromatic carbocycles. The largest absolute Gasteiger partial charge is 0.403 e. The number of hydrogen-bond donors (Lipinski definition) is 0. The van der Waals surface area contributed by atoms with E-state index < -0.39 is 40.9 Å². The lowest BCUT2D eigenvalue weighted by molar-refractivity contribution is -0.427. The Morgan fingerprint density at radius 2 is 1.32 bits per heavy atom. The van der Waals surface area contributed by atoms with Crippen molar-refractivity contribution in [3.63, 3.8) is 0 Å². The molecule has 0 aromatic rings. The van der Waals surface area contributed by atoms with Gasteiger partial charge in [-0.15, -0.1) is 0 Å². The van der Waals surface area contributed by atoms with Crippen LogP contribution in [-0.4, -0.2) is 12.4 Å². The molecule has 0 amide bonds. The van der Waals surface area contributed by atoms with Crippen LogP contribution in [0.25, 0.3) is 0 Å².